The summed E-state index contributed by atoms with van der Waals surface area (Å²) < 4.78 is 0. The van der Waals surface area contributed by atoms with Gasteiger partial charge in [-0.15, -0.1) is 10.2 Å². The predicted octanol–water partition coefficient (Wildman–Crippen LogP) is 3.15. The fourth-order valence-corrected chi connectivity index (χ4v) is 3.76. The predicted molar refractivity (Wildman–Crippen MR) is 107 cm³/mol. The number of hydrogen-bond acceptors (Lipinski definition) is 8. The molecule has 0 atom stereocenters. The number of nitro groups is 1. The molecule has 0 saturated heterocycles. The molecule has 30 heavy (non-hydrogen) atoms. The maximum absolute atomic E-state index is 12.4. The number of halogens is 1. The highest BCUT2D eigenvalue weighted by Crippen LogP contribution is 2.27. The topological polar surface area (TPSA) is 135 Å². The minimum Gasteiger partial charge on any atom is -0.296 e. The molecule has 10 nitrogen and oxygen atoms in total. The van der Waals surface area contributed by atoms with E-state index in [1.807, 2.05) is 0 Å². The van der Waals surface area contributed by atoms with Gasteiger partial charge in [0.15, 0.2) is 0 Å². The number of hydrogen-bond donors (Lipinski definition) is 1. The van der Waals surface area contributed by atoms with Gasteiger partial charge in [-0.2, -0.15) is 0 Å². The highest BCUT2D eigenvalue weighted by atomic mass is 35.5. The first kappa shape index (κ1) is 19.6. The third kappa shape index (κ3) is 3.51. The van der Waals surface area contributed by atoms with Crippen LogP contribution in [0.15, 0.2) is 42.5 Å². The Kier molecular flexibility index (Phi) is 4.98. The molecule has 0 spiro atoms. The summed E-state index contributed by atoms with van der Waals surface area (Å²) in [5, 5.41) is 21.5. The molecule has 1 N–H and O–H groups in total. The van der Waals surface area contributed by atoms with E-state index in [-0.39, 0.29) is 22.3 Å². The van der Waals surface area contributed by atoms with Crippen molar-refractivity contribution in [3.05, 3.63) is 79.3 Å². The van der Waals surface area contributed by atoms with Crippen LogP contribution >= 0.6 is 22.9 Å². The van der Waals surface area contributed by atoms with Crippen LogP contribution in [0.3, 0.4) is 0 Å². The molecular formula is C18H10ClN5O5S. The van der Waals surface area contributed by atoms with Crippen LogP contribution in [0.4, 0.5) is 10.8 Å². The molecule has 1 aliphatic rings. The molecule has 0 fully saturated rings. The first-order chi connectivity index (χ1) is 14.3. The molecule has 2 heterocycles. The van der Waals surface area contributed by atoms with Crippen molar-refractivity contribution in [3.63, 3.8) is 0 Å². The van der Waals surface area contributed by atoms with Crippen LogP contribution in [-0.2, 0) is 6.54 Å². The number of benzene rings is 2. The van der Waals surface area contributed by atoms with Gasteiger partial charge in [-0.25, -0.2) is 0 Å². The molecule has 2 aromatic carbocycles. The largest absolute Gasteiger partial charge is 0.296 e. The monoisotopic (exact) mass is 443 g/mol. The average molecular weight is 444 g/mol. The number of aromatic nitrogens is 2. The van der Waals surface area contributed by atoms with Crippen LogP contribution in [0.5, 0.6) is 0 Å². The second-order valence-corrected chi connectivity index (χ2v) is 7.59. The summed E-state index contributed by atoms with van der Waals surface area (Å²) in [5.74, 6) is -1.49. The smallest absolute Gasteiger partial charge is 0.288 e. The summed E-state index contributed by atoms with van der Waals surface area (Å²) in [7, 11) is 0. The zero-order chi connectivity index (χ0) is 21.4. The lowest BCUT2D eigenvalue weighted by molar-refractivity contribution is -0.384. The number of nitro benzene ring substituents is 1. The summed E-state index contributed by atoms with van der Waals surface area (Å²) in [5.41, 5.74) is 0.269. The average Bonchev–Trinajstić information content (AvgIpc) is 3.26. The number of carbonyl (C=O) groups is 3. The molecule has 0 radical (unpaired) electrons. The van der Waals surface area contributed by atoms with Crippen LogP contribution in [0.25, 0.3) is 0 Å². The molecule has 0 saturated carbocycles. The molecule has 150 valence electrons. The summed E-state index contributed by atoms with van der Waals surface area (Å²) in [6.45, 7) is -0.0910. The van der Waals surface area contributed by atoms with Gasteiger partial charge in [0.05, 0.1) is 22.6 Å². The van der Waals surface area contributed by atoms with Crippen molar-refractivity contribution in [2.75, 3.05) is 5.32 Å². The first-order valence-electron chi connectivity index (χ1n) is 8.38. The second-order valence-electron chi connectivity index (χ2n) is 6.12. The van der Waals surface area contributed by atoms with Crippen molar-refractivity contribution < 1.29 is 19.3 Å². The van der Waals surface area contributed by atoms with Gasteiger partial charge in [0, 0.05) is 11.6 Å². The highest BCUT2D eigenvalue weighted by molar-refractivity contribution is 7.15. The minimum absolute atomic E-state index is 0.0169. The molecular weight excluding hydrogens is 434 g/mol. The van der Waals surface area contributed by atoms with E-state index in [4.69, 9.17) is 11.6 Å². The van der Waals surface area contributed by atoms with Crippen molar-refractivity contribution >= 4 is 51.5 Å². The summed E-state index contributed by atoms with van der Waals surface area (Å²) in [6.07, 6.45) is 0. The third-order valence-electron chi connectivity index (χ3n) is 4.26. The zero-order valence-corrected chi connectivity index (χ0v) is 16.4. The normalized spacial score (nSPS) is 12.8. The number of nitrogens with one attached hydrogen (secondary N) is 1. The van der Waals surface area contributed by atoms with E-state index in [9.17, 15) is 24.5 Å². The molecule has 3 amide bonds. The van der Waals surface area contributed by atoms with Crippen LogP contribution in [0, 0.1) is 10.1 Å². The van der Waals surface area contributed by atoms with Crippen LogP contribution in [-0.4, -0.2) is 37.7 Å². The lowest BCUT2D eigenvalue weighted by Gasteiger charge is -2.10. The van der Waals surface area contributed by atoms with Gasteiger partial charge in [-0.3, -0.25) is 34.7 Å². The number of rotatable bonds is 5. The maximum Gasteiger partial charge on any atom is 0.288 e. The Morgan fingerprint density at radius 3 is 2.43 bits per heavy atom. The Bertz CT molecular complexity index is 1190. The molecule has 12 heteroatoms. The number of imide groups is 1. The summed E-state index contributed by atoms with van der Waals surface area (Å²) in [4.78, 5) is 48.5. The van der Waals surface area contributed by atoms with Gasteiger partial charge >= 0.3 is 0 Å². The van der Waals surface area contributed by atoms with Crippen LogP contribution in [0.2, 0.25) is 5.02 Å². The number of carbonyl (C=O) groups excluding carboxylic acids is 3. The van der Waals surface area contributed by atoms with Gasteiger partial charge in [0.2, 0.25) is 5.13 Å². The van der Waals surface area contributed by atoms with Crippen molar-refractivity contribution in [1.82, 2.24) is 15.1 Å². The van der Waals surface area contributed by atoms with Crippen LogP contribution in [0.1, 0.15) is 36.1 Å². The van der Waals surface area contributed by atoms with Gasteiger partial charge in [0.25, 0.3) is 23.4 Å². The van der Waals surface area contributed by atoms with E-state index in [0.29, 0.717) is 16.1 Å². The number of anilines is 1. The highest BCUT2D eigenvalue weighted by Gasteiger charge is 2.35. The standard InChI is InChI=1S/C18H10ClN5O5S/c19-12-6-5-9(7-13(12)24(28)29)15(25)20-18-22-21-14(30-18)8-23-16(26)10-3-1-2-4-11(10)17(23)27/h1-7H,8H2,(H,20,22,25). The Labute approximate surface area is 177 Å². The first-order valence-corrected chi connectivity index (χ1v) is 9.57. The minimum atomic E-state index is -0.690. The zero-order valence-electron chi connectivity index (χ0n) is 14.9. The van der Waals surface area contributed by atoms with Gasteiger partial charge in [0.1, 0.15) is 10.0 Å². The number of amides is 3. The van der Waals surface area contributed by atoms with Crippen molar-refractivity contribution in [1.29, 1.82) is 0 Å². The second kappa shape index (κ2) is 7.61. The van der Waals surface area contributed by atoms with Crippen molar-refractivity contribution in [2.45, 2.75) is 6.54 Å². The van der Waals surface area contributed by atoms with E-state index in [2.05, 4.69) is 15.5 Å². The van der Waals surface area contributed by atoms with Crippen molar-refractivity contribution in [3.8, 4) is 0 Å². The molecule has 3 aromatic rings. The fraction of sp³-hybridized carbons (Fsp3) is 0.0556. The molecule has 1 aromatic heterocycles. The summed E-state index contributed by atoms with van der Waals surface area (Å²) >= 11 is 6.72. The molecule has 4 rings (SSSR count). The number of nitrogens with zero attached hydrogens (tertiary/aromatic N) is 4. The lowest BCUT2D eigenvalue weighted by Crippen LogP contribution is -2.29. The van der Waals surface area contributed by atoms with Crippen molar-refractivity contribution in [2.24, 2.45) is 0 Å². The quantitative estimate of drug-likeness (QED) is 0.363. The Morgan fingerprint density at radius 2 is 1.80 bits per heavy atom. The number of fused-ring (bicyclic) bond motifs is 1. The van der Waals surface area contributed by atoms with Gasteiger partial charge < -0.3 is 0 Å². The Morgan fingerprint density at radius 1 is 1.13 bits per heavy atom. The molecule has 1 aliphatic heterocycles. The van der Waals surface area contributed by atoms with E-state index in [1.165, 1.54) is 12.1 Å². The third-order valence-corrected chi connectivity index (χ3v) is 5.41. The van der Waals surface area contributed by atoms with E-state index in [0.717, 1.165) is 22.3 Å². The van der Waals surface area contributed by atoms with E-state index in [1.54, 1.807) is 24.3 Å². The fourth-order valence-electron chi connectivity index (χ4n) is 2.85. The maximum atomic E-state index is 12.4. The Balaban J connectivity index is 1.47. The van der Waals surface area contributed by atoms with Crippen LogP contribution < -0.4 is 5.32 Å². The molecule has 0 bridgehead atoms. The van der Waals surface area contributed by atoms with Gasteiger partial charge in [-0.05, 0) is 24.3 Å². The molecule has 0 aliphatic carbocycles. The SMILES string of the molecule is O=C(Nc1nnc(CN2C(=O)c3ccccc3C2=O)s1)c1ccc(Cl)c([N+](=O)[O-])c1. The lowest BCUT2D eigenvalue weighted by atomic mass is 10.1. The van der Waals surface area contributed by atoms with E-state index >= 15 is 0 Å². The molecule has 0 unspecified atom stereocenters. The van der Waals surface area contributed by atoms with Gasteiger partial charge in [-0.1, -0.05) is 35.1 Å². The summed E-state index contributed by atoms with van der Waals surface area (Å²) in [6, 6.07) is 10.1. The Hall–Kier alpha value is -3.70. The van der Waals surface area contributed by atoms with E-state index < -0.39 is 28.3 Å².